The second-order valence-corrected chi connectivity index (χ2v) is 14.0. The standard InChI is InChI=1S/C42H24N2S2/c1-2-6-28-17-31(14-11-25(28)5-1)26-9-12-27(13-10-26)42-43-23-35(24-44-42)32-15-16-33-20-37-39(22-34(33)18-32)46-40-36-19-29-7-3-4-8-30(29)21-38(36)45-41(37)40/h1-24H. The Hall–Kier alpha value is -5.42. The zero-order valence-electron chi connectivity index (χ0n) is 24.6. The van der Waals surface area contributed by atoms with Gasteiger partial charge < -0.3 is 0 Å². The van der Waals surface area contributed by atoms with Gasteiger partial charge in [0.15, 0.2) is 5.82 Å². The van der Waals surface area contributed by atoms with Crippen LogP contribution in [0.4, 0.5) is 0 Å². The zero-order chi connectivity index (χ0) is 30.2. The molecule has 3 heterocycles. The van der Waals surface area contributed by atoms with Crippen LogP contribution in [0.5, 0.6) is 0 Å². The summed E-state index contributed by atoms with van der Waals surface area (Å²) in [5.74, 6) is 0.731. The molecule has 3 aromatic heterocycles. The topological polar surface area (TPSA) is 25.8 Å². The van der Waals surface area contributed by atoms with Crippen molar-refractivity contribution < 1.29 is 0 Å². The average Bonchev–Trinajstić information content (AvgIpc) is 3.64. The fraction of sp³-hybridized carbons (Fsp3) is 0. The van der Waals surface area contributed by atoms with E-state index in [-0.39, 0.29) is 0 Å². The largest absolute Gasteiger partial charge is 0.236 e. The second-order valence-electron chi connectivity index (χ2n) is 11.9. The summed E-state index contributed by atoms with van der Waals surface area (Å²) in [6, 6.07) is 48.4. The van der Waals surface area contributed by atoms with Gasteiger partial charge in [0, 0.05) is 43.7 Å². The monoisotopic (exact) mass is 620 g/mol. The first-order valence-corrected chi connectivity index (χ1v) is 17.0. The van der Waals surface area contributed by atoms with Crippen molar-refractivity contribution in [3.63, 3.8) is 0 Å². The van der Waals surface area contributed by atoms with E-state index in [1.807, 2.05) is 35.1 Å². The Labute approximate surface area is 272 Å². The summed E-state index contributed by atoms with van der Waals surface area (Å²) in [7, 11) is 0. The minimum Gasteiger partial charge on any atom is -0.236 e. The highest BCUT2D eigenvalue weighted by atomic mass is 32.1. The molecule has 0 N–H and O–H groups in total. The number of hydrogen-bond acceptors (Lipinski definition) is 4. The molecule has 46 heavy (non-hydrogen) atoms. The predicted octanol–water partition coefficient (Wildman–Crippen LogP) is 12.5. The van der Waals surface area contributed by atoms with Crippen molar-refractivity contribution in [1.82, 2.24) is 9.97 Å². The molecule has 0 saturated carbocycles. The third-order valence-corrected chi connectivity index (χ3v) is 11.6. The fourth-order valence-corrected chi connectivity index (χ4v) is 9.37. The number of nitrogens with zero attached hydrogens (tertiary/aromatic N) is 2. The van der Waals surface area contributed by atoms with E-state index < -0.39 is 0 Å². The molecular weight excluding hydrogens is 597 g/mol. The zero-order valence-corrected chi connectivity index (χ0v) is 26.2. The number of fused-ring (bicyclic) bond motifs is 8. The Morgan fingerprint density at radius 2 is 0.804 bits per heavy atom. The molecule has 0 amide bonds. The average molecular weight is 621 g/mol. The normalized spacial score (nSPS) is 11.9. The van der Waals surface area contributed by atoms with Gasteiger partial charge in [-0.25, -0.2) is 9.97 Å². The van der Waals surface area contributed by atoms with Gasteiger partial charge in [0.1, 0.15) is 0 Å². The van der Waals surface area contributed by atoms with Crippen LogP contribution in [0.2, 0.25) is 0 Å². The maximum Gasteiger partial charge on any atom is 0.159 e. The Balaban J connectivity index is 0.964. The van der Waals surface area contributed by atoms with Crippen molar-refractivity contribution in [2.75, 3.05) is 0 Å². The van der Waals surface area contributed by atoms with Gasteiger partial charge in [0.25, 0.3) is 0 Å². The number of thiophene rings is 2. The van der Waals surface area contributed by atoms with Gasteiger partial charge in [-0.3, -0.25) is 0 Å². The summed E-state index contributed by atoms with van der Waals surface area (Å²) in [6.07, 6.45) is 3.88. The summed E-state index contributed by atoms with van der Waals surface area (Å²) < 4.78 is 5.48. The van der Waals surface area contributed by atoms with Gasteiger partial charge in [-0.05, 0) is 85.4 Å². The molecule has 0 radical (unpaired) electrons. The van der Waals surface area contributed by atoms with E-state index in [0.717, 1.165) is 22.5 Å². The minimum absolute atomic E-state index is 0.731. The SMILES string of the molecule is c1ccc2cc(-c3ccc(-c4ncc(-c5ccc6cc7c(cc6c5)sc5c6cc8ccccc8cc6sc75)cn4)cc3)ccc2c1. The first-order chi connectivity index (χ1) is 22.7. The van der Waals surface area contributed by atoms with E-state index in [2.05, 4.69) is 133 Å². The number of aromatic nitrogens is 2. The van der Waals surface area contributed by atoms with E-state index in [1.165, 1.54) is 73.0 Å². The molecule has 0 unspecified atom stereocenters. The van der Waals surface area contributed by atoms with Crippen LogP contribution in [0.25, 0.3) is 95.5 Å². The van der Waals surface area contributed by atoms with Crippen molar-refractivity contribution in [2.45, 2.75) is 0 Å². The van der Waals surface area contributed by atoms with Crippen molar-refractivity contribution in [2.24, 2.45) is 0 Å². The Morgan fingerprint density at radius 3 is 1.48 bits per heavy atom. The molecule has 0 fully saturated rings. The van der Waals surface area contributed by atoms with Gasteiger partial charge in [-0.2, -0.15) is 0 Å². The van der Waals surface area contributed by atoms with Gasteiger partial charge in [-0.1, -0.05) is 97.1 Å². The maximum absolute atomic E-state index is 4.76. The summed E-state index contributed by atoms with van der Waals surface area (Å²) >= 11 is 3.82. The van der Waals surface area contributed by atoms with Crippen molar-refractivity contribution in [3.05, 3.63) is 146 Å². The molecule has 2 nitrogen and oxygen atoms in total. The van der Waals surface area contributed by atoms with Gasteiger partial charge >= 0.3 is 0 Å². The predicted molar refractivity (Wildman–Crippen MR) is 199 cm³/mol. The first-order valence-electron chi connectivity index (χ1n) is 15.4. The lowest BCUT2D eigenvalue weighted by Crippen LogP contribution is -1.90. The van der Waals surface area contributed by atoms with Crippen molar-refractivity contribution in [3.8, 4) is 33.6 Å². The van der Waals surface area contributed by atoms with Crippen LogP contribution in [0.3, 0.4) is 0 Å². The molecule has 10 aromatic rings. The van der Waals surface area contributed by atoms with E-state index >= 15 is 0 Å². The number of hydrogen-bond donors (Lipinski definition) is 0. The number of benzene rings is 7. The van der Waals surface area contributed by atoms with E-state index in [9.17, 15) is 0 Å². The lowest BCUT2D eigenvalue weighted by atomic mass is 10.00. The molecular formula is C42H24N2S2. The third kappa shape index (κ3) is 4.15. The van der Waals surface area contributed by atoms with Crippen LogP contribution in [-0.2, 0) is 0 Å². The van der Waals surface area contributed by atoms with E-state index in [4.69, 9.17) is 9.97 Å². The van der Waals surface area contributed by atoms with Crippen LogP contribution >= 0.6 is 22.7 Å². The van der Waals surface area contributed by atoms with Crippen molar-refractivity contribution >= 4 is 84.6 Å². The Morgan fingerprint density at radius 1 is 0.348 bits per heavy atom. The van der Waals surface area contributed by atoms with Gasteiger partial charge in [0.05, 0.1) is 9.40 Å². The summed E-state index contributed by atoms with van der Waals surface area (Å²) in [5, 5.41) is 10.3. The molecule has 0 aliphatic heterocycles. The van der Waals surface area contributed by atoms with Crippen LogP contribution in [0, 0.1) is 0 Å². The highest BCUT2D eigenvalue weighted by Crippen LogP contribution is 2.46. The Kier molecular flexibility index (Phi) is 5.65. The minimum atomic E-state index is 0.731. The molecule has 0 bridgehead atoms. The molecule has 214 valence electrons. The molecule has 4 heteroatoms. The maximum atomic E-state index is 4.76. The summed E-state index contributed by atoms with van der Waals surface area (Å²) in [6.45, 7) is 0. The molecule has 10 rings (SSSR count). The lowest BCUT2D eigenvalue weighted by molar-refractivity contribution is 1.18. The van der Waals surface area contributed by atoms with E-state index in [1.54, 1.807) is 0 Å². The van der Waals surface area contributed by atoms with Crippen LogP contribution in [-0.4, -0.2) is 9.97 Å². The van der Waals surface area contributed by atoms with Crippen LogP contribution < -0.4 is 0 Å². The highest BCUT2D eigenvalue weighted by Gasteiger charge is 2.14. The first kappa shape index (κ1) is 25.9. The van der Waals surface area contributed by atoms with Crippen LogP contribution in [0.15, 0.2) is 146 Å². The summed E-state index contributed by atoms with van der Waals surface area (Å²) in [4.78, 5) is 9.53. The molecule has 0 atom stereocenters. The lowest BCUT2D eigenvalue weighted by Gasteiger charge is -2.07. The van der Waals surface area contributed by atoms with Gasteiger partial charge in [0.2, 0.25) is 0 Å². The van der Waals surface area contributed by atoms with Gasteiger partial charge in [-0.15, -0.1) is 22.7 Å². The second kappa shape index (κ2) is 10.0. The highest BCUT2D eigenvalue weighted by molar-refractivity contribution is 7.36. The quantitative estimate of drug-likeness (QED) is 0.196. The molecule has 0 saturated heterocycles. The molecule has 0 aliphatic carbocycles. The van der Waals surface area contributed by atoms with Crippen LogP contribution in [0.1, 0.15) is 0 Å². The number of rotatable bonds is 3. The fourth-order valence-electron chi connectivity index (χ4n) is 6.67. The molecule has 0 spiro atoms. The molecule has 7 aromatic carbocycles. The van der Waals surface area contributed by atoms with E-state index in [0.29, 0.717) is 0 Å². The molecule has 0 aliphatic rings. The Bertz CT molecular complexity index is 2790. The van der Waals surface area contributed by atoms with Crippen molar-refractivity contribution in [1.29, 1.82) is 0 Å². The third-order valence-electron chi connectivity index (χ3n) is 9.12. The summed E-state index contributed by atoms with van der Waals surface area (Å²) in [5.41, 5.74) is 5.54. The smallest absolute Gasteiger partial charge is 0.159 e.